The molecule has 62 valence electrons. The Balaban J connectivity index is 2.38. The molecule has 1 aliphatic rings. The normalized spacial score (nSPS) is 14.0. The van der Waals surface area contributed by atoms with Gasteiger partial charge in [0, 0.05) is 5.56 Å². The zero-order chi connectivity index (χ0) is 8.39. The number of nitrogens with one attached hydrogen (secondary N) is 1. The molecule has 0 saturated heterocycles. The molecule has 0 radical (unpaired) electrons. The Morgan fingerprint density at radius 3 is 3.00 bits per heavy atom. The maximum absolute atomic E-state index is 5.17. The highest BCUT2D eigenvalue weighted by Crippen LogP contribution is 2.31. The van der Waals surface area contributed by atoms with Crippen molar-refractivity contribution >= 4 is 6.21 Å². The van der Waals surface area contributed by atoms with E-state index in [1.54, 1.807) is 6.21 Å². The van der Waals surface area contributed by atoms with Gasteiger partial charge in [-0.1, -0.05) is 0 Å². The molecule has 1 aliphatic heterocycles. The molecule has 2 rings (SSSR count). The molecule has 0 aliphatic carbocycles. The van der Waals surface area contributed by atoms with Crippen LogP contribution in [0.15, 0.2) is 18.2 Å². The fourth-order valence-corrected chi connectivity index (χ4v) is 1.10. The average Bonchev–Trinajstić information content (AvgIpc) is 2.51. The third kappa shape index (κ3) is 1.07. The van der Waals surface area contributed by atoms with Crippen molar-refractivity contribution in [3.63, 3.8) is 0 Å². The number of hydrogen-bond acceptors (Lipinski definition) is 3. The van der Waals surface area contributed by atoms with Gasteiger partial charge >= 0.3 is 0 Å². The van der Waals surface area contributed by atoms with Crippen LogP contribution in [0.4, 0.5) is 0 Å². The Hall–Kier alpha value is -1.71. The molecule has 1 heterocycles. The number of hydrogen-bond donors (Lipinski definition) is 2. The second kappa shape index (κ2) is 2.73. The van der Waals surface area contributed by atoms with Crippen LogP contribution in [-0.2, 0) is 0 Å². The number of hydrazone groups is 1. The smallest absolute Gasteiger partial charge is 0.231 e. The summed E-state index contributed by atoms with van der Waals surface area (Å²) >= 11 is 0. The van der Waals surface area contributed by atoms with E-state index in [9.17, 15) is 0 Å². The lowest BCUT2D eigenvalue weighted by molar-refractivity contribution is -0.463. The quantitative estimate of drug-likeness (QED) is 0.312. The lowest BCUT2D eigenvalue weighted by atomic mass is 10.2. The molecule has 0 atom stereocenters. The summed E-state index contributed by atoms with van der Waals surface area (Å²) < 4.78 is 10.3. The molecule has 1 aromatic rings. The molecule has 1 aromatic carbocycles. The van der Waals surface area contributed by atoms with E-state index in [2.05, 4.69) is 5.10 Å². The minimum Gasteiger partial charge on any atom is -0.454 e. The fourth-order valence-electron chi connectivity index (χ4n) is 1.10. The van der Waals surface area contributed by atoms with Crippen LogP contribution in [0.1, 0.15) is 5.56 Å². The Morgan fingerprint density at radius 2 is 2.17 bits per heavy atom. The Labute approximate surface area is 69.6 Å². The zero-order valence-electron chi connectivity index (χ0n) is 6.41. The lowest BCUT2D eigenvalue weighted by Gasteiger charge is -1.93. The SMILES string of the molecule is N[NH+]=Cc1ccc2c(c1)OCO2. The van der Waals surface area contributed by atoms with Gasteiger partial charge in [0.05, 0.1) is 0 Å². The number of nitrogens with two attached hydrogens (primary N) is 1. The third-order valence-electron chi connectivity index (χ3n) is 1.65. The molecule has 3 N–H and O–H groups in total. The van der Waals surface area contributed by atoms with Gasteiger partial charge in [-0.05, 0) is 18.2 Å². The molecule has 0 bridgehead atoms. The molecule has 0 saturated carbocycles. The van der Waals surface area contributed by atoms with Gasteiger partial charge in [0.15, 0.2) is 17.7 Å². The first kappa shape index (κ1) is 6.97. The second-order valence-electron chi connectivity index (χ2n) is 2.42. The van der Waals surface area contributed by atoms with E-state index < -0.39 is 0 Å². The summed E-state index contributed by atoms with van der Waals surface area (Å²) in [5.74, 6) is 6.67. The minimum atomic E-state index is 0.300. The zero-order valence-corrected chi connectivity index (χ0v) is 6.41. The van der Waals surface area contributed by atoms with Gasteiger partial charge < -0.3 is 9.47 Å². The summed E-state index contributed by atoms with van der Waals surface area (Å²) in [6.07, 6.45) is 1.68. The Bertz CT molecular complexity index is 323. The standard InChI is InChI=1S/C8H8N2O2/c9-10-4-6-1-2-7-8(3-6)12-5-11-7/h1-4H,5,9H2/p+1. The van der Waals surface area contributed by atoms with E-state index in [1.807, 2.05) is 18.2 Å². The van der Waals surface area contributed by atoms with E-state index in [0.717, 1.165) is 17.1 Å². The predicted octanol–water partition coefficient (Wildman–Crippen LogP) is -1.21. The van der Waals surface area contributed by atoms with Crippen molar-refractivity contribution in [1.82, 2.24) is 0 Å². The van der Waals surface area contributed by atoms with Crippen LogP contribution in [0.25, 0.3) is 0 Å². The van der Waals surface area contributed by atoms with E-state index in [1.165, 1.54) is 0 Å². The van der Waals surface area contributed by atoms with Crippen LogP contribution in [-0.4, -0.2) is 13.0 Å². The van der Waals surface area contributed by atoms with Gasteiger partial charge in [0.2, 0.25) is 6.79 Å². The molecule has 0 fully saturated rings. The van der Waals surface area contributed by atoms with Crippen molar-refractivity contribution in [3.8, 4) is 11.5 Å². The molecule has 4 heteroatoms. The van der Waals surface area contributed by atoms with Gasteiger partial charge in [-0.15, -0.1) is 5.10 Å². The molecule has 12 heavy (non-hydrogen) atoms. The highest BCUT2D eigenvalue weighted by Gasteiger charge is 2.12. The lowest BCUT2D eigenvalue weighted by Crippen LogP contribution is -2.76. The van der Waals surface area contributed by atoms with Crippen LogP contribution in [0, 0.1) is 0 Å². The summed E-state index contributed by atoms with van der Waals surface area (Å²) in [5, 5.41) is 2.45. The van der Waals surface area contributed by atoms with Crippen molar-refractivity contribution in [3.05, 3.63) is 23.8 Å². The first-order valence-corrected chi connectivity index (χ1v) is 3.59. The Kier molecular flexibility index (Phi) is 1.59. The first-order valence-electron chi connectivity index (χ1n) is 3.59. The van der Waals surface area contributed by atoms with Crippen LogP contribution in [0.3, 0.4) is 0 Å². The van der Waals surface area contributed by atoms with Crippen LogP contribution >= 0.6 is 0 Å². The number of fused-ring (bicyclic) bond motifs is 1. The van der Waals surface area contributed by atoms with E-state index >= 15 is 0 Å². The monoisotopic (exact) mass is 165 g/mol. The van der Waals surface area contributed by atoms with Crippen molar-refractivity contribution in [2.24, 2.45) is 5.84 Å². The van der Waals surface area contributed by atoms with Gasteiger partial charge in [-0.25, -0.2) is 5.84 Å². The summed E-state index contributed by atoms with van der Waals surface area (Å²) in [4.78, 5) is 0. The summed E-state index contributed by atoms with van der Waals surface area (Å²) in [5.41, 5.74) is 0.960. The number of rotatable bonds is 1. The van der Waals surface area contributed by atoms with Gasteiger partial charge in [0.25, 0.3) is 0 Å². The van der Waals surface area contributed by atoms with Crippen molar-refractivity contribution < 1.29 is 14.6 Å². The minimum absolute atomic E-state index is 0.300. The fraction of sp³-hybridized carbons (Fsp3) is 0.125. The maximum Gasteiger partial charge on any atom is 0.231 e. The van der Waals surface area contributed by atoms with Crippen LogP contribution < -0.4 is 20.4 Å². The number of hydrazine groups is 1. The molecular weight excluding hydrogens is 156 g/mol. The molecular formula is C8H9N2O2+. The average molecular weight is 165 g/mol. The van der Waals surface area contributed by atoms with Crippen LogP contribution in [0.5, 0.6) is 11.5 Å². The second-order valence-corrected chi connectivity index (χ2v) is 2.42. The third-order valence-corrected chi connectivity index (χ3v) is 1.65. The topological polar surface area (TPSA) is 58.5 Å². The van der Waals surface area contributed by atoms with Crippen LogP contribution in [0.2, 0.25) is 0 Å². The molecule has 0 unspecified atom stereocenters. The number of ether oxygens (including phenoxy) is 2. The van der Waals surface area contributed by atoms with E-state index in [0.29, 0.717) is 6.79 Å². The molecule has 4 nitrogen and oxygen atoms in total. The predicted molar refractivity (Wildman–Crippen MR) is 42.9 cm³/mol. The Morgan fingerprint density at radius 1 is 1.33 bits per heavy atom. The highest BCUT2D eigenvalue weighted by atomic mass is 16.7. The van der Waals surface area contributed by atoms with Gasteiger partial charge in [-0.3, -0.25) is 0 Å². The van der Waals surface area contributed by atoms with Crippen molar-refractivity contribution in [2.75, 3.05) is 6.79 Å². The maximum atomic E-state index is 5.17. The van der Waals surface area contributed by atoms with Crippen molar-refractivity contribution in [2.45, 2.75) is 0 Å². The first-order chi connectivity index (χ1) is 5.90. The molecule has 0 amide bonds. The van der Waals surface area contributed by atoms with Gasteiger partial charge in [-0.2, -0.15) is 0 Å². The van der Waals surface area contributed by atoms with E-state index in [4.69, 9.17) is 15.3 Å². The largest absolute Gasteiger partial charge is 0.454 e. The molecule has 0 aromatic heterocycles. The highest BCUT2D eigenvalue weighted by molar-refractivity contribution is 5.76. The summed E-state index contributed by atoms with van der Waals surface area (Å²) in [6, 6.07) is 5.61. The number of benzene rings is 1. The van der Waals surface area contributed by atoms with Crippen molar-refractivity contribution in [1.29, 1.82) is 0 Å². The molecule has 0 spiro atoms. The van der Waals surface area contributed by atoms with Gasteiger partial charge in [0.1, 0.15) is 0 Å². The van der Waals surface area contributed by atoms with E-state index in [-0.39, 0.29) is 0 Å². The summed E-state index contributed by atoms with van der Waals surface area (Å²) in [6.45, 7) is 0.300. The summed E-state index contributed by atoms with van der Waals surface area (Å²) in [7, 11) is 0.